The van der Waals surface area contributed by atoms with E-state index < -0.39 is 0 Å². The first-order chi connectivity index (χ1) is 8.72. The van der Waals surface area contributed by atoms with Crippen molar-refractivity contribution >= 4 is 11.8 Å². The Balaban J connectivity index is 1.92. The van der Waals surface area contributed by atoms with E-state index in [-0.39, 0.29) is 0 Å². The number of piperidine rings is 1. The van der Waals surface area contributed by atoms with Crippen molar-refractivity contribution in [3.8, 4) is 0 Å². The minimum atomic E-state index is 0.671. The van der Waals surface area contributed by atoms with Crippen LogP contribution in [0.2, 0.25) is 0 Å². The summed E-state index contributed by atoms with van der Waals surface area (Å²) in [5.74, 6) is 1.45. The van der Waals surface area contributed by atoms with Crippen molar-refractivity contribution in [3.63, 3.8) is 0 Å². The van der Waals surface area contributed by atoms with Crippen molar-refractivity contribution in [2.24, 2.45) is 17.6 Å². The molecule has 0 spiro atoms. The zero-order chi connectivity index (χ0) is 13.0. The fourth-order valence-electron chi connectivity index (χ4n) is 2.66. The maximum Gasteiger partial charge on any atom is 0.0233 e. The molecular weight excluding hydrogens is 240 g/mol. The van der Waals surface area contributed by atoms with Gasteiger partial charge in [-0.25, -0.2) is 0 Å². The zero-order valence-electron chi connectivity index (χ0n) is 11.4. The number of nitrogens with zero attached hydrogens (tertiary/aromatic N) is 1. The van der Waals surface area contributed by atoms with Gasteiger partial charge in [0.25, 0.3) is 0 Å². The van der Waals surface area contributed by atoms with E-state index in [2.05, 4.69) is 42.3 Å². The zero-order valence-corrected chi connectivity index (χ0v) is 12.2. The lowest BCUT2D eigenvalue weighted by molar-refractivity contribution is 0.126. The minimum absolute atomic E-state index is 0.671. The molecule has 1 fully saturated rings. The average molecular weight is 264 g/mol. The van der Waals surface area contributed by atoms with Gasteiger partial charge in [0.2, 0.25) is 0 Å². The summed E-state index contributed by atoms with van der Waals surface area (Å²) in [6.07, 6.45) is 3.40. The van der Waals surface area contributed by atoms with Gasteiger partial charge in [0, 0.05) is 18.0 Å². The maximum absolute atomic E-state index is 5.86. The van der Waals surface area contributed by atoms with Crippen LogP contribution in [0.3, 0.4) is 0 Å². The highest BCUT2D eigenvalue weighted by Gasteiger charge is 2.24. The molecule has 1 aliphatic rings. The van der Waals surface area contributed by atoms with Crippen LogP contribution >= 0.6 is 11.8 Å². The maximum atomic E-state index is 5.86. The predicted molar refractivity (Wildman–Crippen MR) is 79.8 cm³/mol. The van der Waals surface area contributed by atoms with Crippen LogP contribution in [0, 0.1) is 11.8 Å². The molecule has 0 amide bonds. The first-order valence-electron chi connectivity index (χ1n) is 6.78. The second-order valence-electron chi connectivity index (χ2n) is 5.34. The number of rotatable bonds is 4. The Morgan fingerprint density at radius 3 is 2.67 bits per heavy atom. The van der Waals surface area contributed by atoms with Crippen molar-refractivity contribution in [1.82, 2.24) is 4.90 Å². The lowest BCUT2D eigenvalue weighted by Crippen LogP contribution is -2.42. The fraction of sp³-hybridized carbons (Fsp3) is 0.600. The molecule has 1 aliphatic heterocycles. The highest BCUT2D eigenvalue weighted by atomic mass is 32.2. The summed E-state index contributed by atoms with van der Waals surface area (Å²) in [7, 11) is 0. The number of hydrogen-bond donors (Lipinski definition) is 1. The molecule has 0 radical (unpaired) electrons. The summed E-state index contributed by atoms with van der Waals surface area (Å²) >= 11 is 1.80. The van der Waals surface area contributed by atoms with E-state index in [4.69, 9.17) is 5.73 Å². The standard InChI is InChI=1S/C15H24N2S/c1-12-7-8-17(11-14(12)9-16)10-13-3-5-15(18-2)6-4-13/h3-6,12,14H,7-11,16H2,1-2H3. The average Bonchev–Trinajstić information content (AvgIpc) is 2.42. The molecule has 1 aromatic rings. The molecule has 3 heteroatoms. The summed E-state index contributed by atoms with van der Waals surface area (Å²) in [4.78, 5) is 3.89. The van der Waals surface area contributed by atoms with Crippen molar-refractivity contribution in [2.75, 3.05) is 25.9 Å². The number of likely N-dealkylation sites (tertiary alicyclic amines) is 1. The molecule has 2 N–H and O–H groups in total. The molecule has 2 rings (SSSR count). The van der Waals surface area contributed by atoms with Crippen molar-refractivity contribution < 1.29 is 0 Å². The summed E-state index contributed by atoms with van der Waals surface area (Å²) in [6.45, 7) is 6.59. The van der Waals surface area contributed by atoms with Crippen molar-refractivity contribution in [3.05, 3.63) is 29.8 Å². The third-order valence-electron chi connectivity index (χ3n) is 4.07. The Hall–Kier alpha value is -0.510. The molecule has 2 atom stereocenters. The highest BCUT2D eigenvalue weighted by molar-refractivity contribution is 7.98. The topological polar surface area (TPSA) is 29.3 Å². The van der Waals surface area contributed by atoms with Crippen LogP contribution in [-0.2, 0) is 6.54 Å². The van der Waals surface area contributed by atoms with Crippen LogP contribution in [0.25, 0.3) is 0 Å². The molecule has 18 heavy (non-hydrogen) atoms. The summed E-state index contributed by atoms with van der Waals surface area (Å²) in [5.41, 5.74) is 7.27. The Bertz CT molecular complexity index is 363. The van der Waals surface area contributed by atoms with E-state index in [1.165, 1.54) is 23.4 Å². The van der Waals surface area contributed by atoms with E-state index in [1.807, 2.05) is 0 Å². The van der Waals surface area contributed by atoms with Crippen LogP contribution < -0.4 is 5.73 Å². The molecule has 0 aromatic heterocycles. The molecule has 2 nitrogen and oxygen atoms in total. The number of hydrogen-bond acceptors (Lipinski definition) is 3. The molecule has 2 unspecified atom stereocenters. The van der Waals surface area contributed by atoms with E-state index in [0.717, 1.165) is 25.6 Å². The van der Waals surface area contributed by atoms with Crippen LogP contribution in [0.15, 0.2) is 29.2 Å². The van der Waals surface area contributed by atoms with Gasteiger partial charge >= 0.3 is 0 Å². The van der Waals surface area contributed by atoms with Crippen LogP contribution in [0.5, 0.6) is 0 Å². The smallest absolute Gasteiger partial charge is 0.0233 e. The lowest BCUT2D eigenvalue weighted by Gasteiger charge is -2.36. The number of benzene rings is 1. The van der Waals surface area contributed by atoms with Crippen molar-refractivity contribution in [1.29, 1.82) is 0 Å². The van der Waals surface area contributed by atoms with Gasteiger partial charge < -0.3 is 5.73 Å². The third kappa shape index (κ3) is 3.50. The van der Waals surface area contributed by atoms with Crippen LogP contribution in [0.4, 0.5) is 0 Å². The van der Waals surface area contributed by atoms with Gasteiger partial charge in [-0.15, -0.1) is 11.8 Å². The second-order valence-corrected chi connectivity index (χ2v) is 6.22. The van der Waals surface area contributed by atoms with Gasteiger partial charge in [0.1, 0.15) is 0 Å². The molecule has 1 heterocycles. The monoisotopic (exact) mass is 264 g/mol. The number of thioether (sulfide) groups is 1. The van der Waals surface area contributed by atoms with Gasteiger partial charge in [-0.2, -0.15) is 0 Å². The normalized spacial score (nSPS) is 25.3. The summed E-state index contributed by atoms with van der Waals surface area (Å²) in [5, 5.41) is 0. The molecular formula is C15H24N2S. The Kier molecular flexibility index (Phi) is 5.10. The molecule has 0 aliphatic carbocycles. The van der Waals surface area contributed by atoms with E-state index in [1.54, 1.807) is 11.8 Å². The lowest BCUT2D eigenvalue weighted by atomic mass is 9.87. The van der Waals surface area contributed by atoms with Crippen molar-refractivity contribution in [2.45, 2.75) is 24.8 Å². The summed E-state index contributed by atoms with van der Waals surface area (Å²) in [6, 6.07) is 8.93. The molecule has 0 bridgehead atoms. The third-order valence-corrected chi connectivity index (χ3v) is 4.81. The van der Waals surface area contributed by atoms with E-state index in [9.17, 15) is 0 Å². The highest BCUT2D eigenvalue weighted by Crippen LogP contribution is 2.24. The predicted octanol–water partition coefficient (Wildman–Crippen LogP) is 2.83. The Morgan fingerprint density at radius 1 is 1.33 bits per heavy atom. The van der Waals surface area contributed by atoms with Crippen LogP contribution in [0.1, 0.15) is 18.9 Å². The minimum Gasteiger partial charge on any atom is -0.330 e. The van der Waals surface area contributed by atoms with E-state index >= 15 is 0 Å². The summed E-state index contributed by atoms with van der Waals surface area (Å²) < 4.78 is 0. The van der Waals surface area contributed by atoms with Gasteiger partial charge in [0.05, 0.1) is 0 Å². The first kappa shape index (κ1) is 13.9. The fourth-order valence-corrected chi connectivity index (χ4v) is 3.07. The number of nitrogens with two attached hydrogens (primary N) is 1. The Labute approximate surface area is 115 Å². The molecule has 0 saturated carbocycles. The second kappa shape index (κ2) is 6.60. The van der Waals surface area contributed by atoms with Crippen LogP contribution in [-0.4, -0.2) is 30.8 Å². The largest absolute Gasteiger partial charge is 0.330 e. The van der Waals surface area contributed by atoms with Gasteiger partial charge in [-0.1, -0.05) is 19.1 Å². The molecule has 1 saturated heterocycles. The quantitative estimate of drug-likeness (QED) is 0.848. The van der Waals surface area contributed by atoms with E-state index in [0.29, 0.717) is 5.92 Å². The van der Waals surface area contributed by atoms with Gasteiger partial charge in [0.15, 0.2) is 0 Å². The molecule has 100 valence electrons. The SMILES string of the molecule is CSc1ccc(CN2CCC(C)C(CN)C2)cc1. The Morgan fingerprint density at radius 2 is 2.06 bits per heavy atom. The first-order valence-corrected chi connectivity index (χ1v) is 8.00. The molecule has 1 aromatic carbocycles. The van der Waals surface area contributed by atoms with Gasteiger partial charge in [-0.05, 0) is 55.3 Å². The van der Waals surface area contributed by atoms with Gasteiger partial charge in [-0.3, -0.25) is 4.90 Å².